The third-order valence-corrected chi connectivity index (χ3v) is 4.49. The van der Waals surface area contributed by atoms with Crippen molar-refractivity contribution in [3.05, 3.63) is 58.6 Å². The van der Waals surface area contributed by atoms with Gasteiger partial charge in [-0.1, -0.05) is 35.9 Å². The molecule has 2 rings (SSSR count). The van der Waals surface area contributed by atoms with Crippen LogP contribution in [0.5, 0.6) is 0 Å². The van der Waals surface area contributed by atoms with Gasteiger partial charge in [0.15, 0.2) is 0 Å². The topological polar surface area (TPSA) is 29.1 Å². The molecule has 0 heterocycles. The van der Waals surface area contributed by atoms with E-state index in [2.05, 4.69) is 5.32 Å². The summed E-state index contributed by atoms with van der Waals surface area (Å²) in [6, 6.07) is 13.6. The number of thioether (sulfide) groups is 1. The second-order valence-electron chi connectivity index (χ2n) is 4.57. The van der Waals surface area contributed by atoms with Crippen molar-refractivity contribution in [2.45, 2.75) is 18.7 Å². The van der Waals surface area contributed by atoms with E-state index >= 15 is 0 Å². The average Bonchev–Trinajstić information content (AvgIpc) is 2.42. The second kappa shape index (κ2) is 6.82. The molecule has 0 unspecified atom stereocenters. The molecule has 0 atom stereocenters. The van der Waals surface area contributed by atoms with Gasteiger partial charge < -0.3 is 5.32 Å². The van der Waals surface area contributed by atoms with Crippen molar-refractivity contribution in [2.75, 3.05) is 11.1 Å². The molecule has 0 aliphatic rings. The summed E-state index contributed by atoms with van der Waals surface area (Å²) in [4.78, 5) is 13.0. The van der Waals surface area contributed by atoms with Crippen LogP contribution in [-0.2, 0) is 4.79 Å². The number of hydrogen-bond acceptors (Lipinski definition) is 2. The van der Waals surface area contributed by atoms with Crippen LogP contribution >= 0.6 is 23.4 Å². The Hall–Kier alpha value is -1.45. The minimum Gasteiger partial charge on any atom is -0.325 e. The molecule has 0 bridgehead atoms. The van der Waals surface area contributed by atoms with Gasteiger partial charge in [-0.2, -0.15) is 0 Å². The number of aryl methyl sites for hydroxylation is 2. The Bertz CT molecular complexity index is 628. The van der Waals surface area contributed by atoms with Crippen molar-refractivity contribution >= 4 is 35.0 Å². The zero-order chi connectivity index (χ0) is 14.5. The van der Waals surface area contributed by atoms with Crippen LogP contribution in [0.25, 0.3) is 0 Å². The Balaban J connectivity index is 1.93. The molecule has 0 radical (unpaired) electrons. The van der Waals surface area contributed by atoms with Crippen LogP contribution in [0.15, 0.2) is 47.4 Å². The SMILES string of the molecule is Cc1ccc(NC(=O)CSc2ccccc2C)cc1Cl. The molecule has 104 valence electrons. The van der Waals surface area contributed by atoms with Gasteiger partial charge in [-0.25, -0.2) is 0 Å². The van der Waals surface area contributed by atoms with Crippen LogP contribution in [0.2, 0.25) is 5.02 Å². The highest BCUT2D eigenvalue weighted by molar-refractivity contribution is 8.00. The molecule has 1 N–H and O–H groups in total. The molecular formula is C16H16ClNOS. The number of carbonyl (C=O) groups is 1. The fraction of sp³-hybridized carbons (Fsp3) is 0.188. The van der Waals surface area contributed by atoms with Crippen LogP contribution < -0.4 is 5.32 Å². The van der Waals surface area contributed by atoms with E-state index in [0.29, 0.717) is 10.8 Å². The zero-order valence-electron chi connectivity index (χ0n) is 11.4. The van der Waals surface area contributed by atoms with Crippen LogP contribution in [-0.4, -0.2) is 11.7 Å². The maximum Gasteiger partial charge on any atom is 0.234 e. The summed E-state index contributed by atoms with van der Waals surface area (Å²) in [5.41, 5.74) is 2.92. The van der Waals surface area contributed by atoms with E-state index in [4.69, 9.17) is 11.6 Å². The predicted molar refractivity (Wildman–Crippen MR) is 86.7 cm³/mol. The number of halogens is 1. The van der Waals surface area contributed by atoms with Crippen molar-refractivity contribution in [2.24, 2.45) is 0 Å². The largest absolute Gasteiger partial charge is 0.325 e. The standard InChI is InChI=1S/C16H16ClNOS/c1-11-7-8-13(9-14(11)17)18-16(19)10-20-15-6-4-3-5-12(15)2/h3-9H,10H2,1-2H3,(H,18,19). The molecule has 0 aliphatic carbocycles. The van der Waals surface area contributed by atoms with E-state index in [-0.39, 0.29) is 5.91 Å². The number of rotatable bonds is 4. The number of hydrogen-bond donors (Lipinski definition) is 1. The van der Waals surface area contributed by atoms with E-state index in [1.165, 1.54) is 17.3 Å². The quantitative estimate of drug-likeness (QED) is 0.830. The summed E-state index contributed by atoms with van der Waals surface area (Å²) < 4.78 is 0. The Morgan fingerprint density at radius 3 is 2.60 bits per heavy atom. The van der Waals surface area contributed by atoms with Gasteiger partial charge in [0, 0.05) is 15.6 Å². The van der Waals surface area contributed by atoms with Gasteiger partial charge in [-0.3, -0.25) is 4.79 Å². The summed E-state index contributed by atoms with van der Waals surface area (Å²) in [7, 11) is 0. The van der Waals surface area contributed by atoms with Crippen molar-refractivity contribution in [3.63, 3.8) is 0 Å². The highest BCUT2D eigenvalue weighted by atomic mass is 35.5. The maximum atomic E-state index is 11.9. The van der Waals surface area contributed by atoms with E-state index < -0.39 is 0 Å². The lowest BCUT2D eigenvalue weighted by Gasteiger charge is -2.08. The van der Waals surface area contributed by atoms with Crippen molar-refractivity contribution in [1.82, 2.24) is 0 Å². The van der Waals surface area contributed by atoms with E-state index in [1.54, 1.807) is 6.07 Å². The van der Waals surface area contributed by atoms with Crippen molar-refractivity contribution < 1.29 is 4.79 Å². The maximum absolute atomic E-state index is 11.9. The zero-order valence-corrected chi connectivity index (χ0v) is 13.0. The van der Waals surface area contributed by atoms with Gasteiger partial charge in [0.1, 0.15) is 0 Å². The molecule has 1 amide bonds. The summed E-state index contributed by atoms with van der Waals surface area (Å²) in [6.07, 6.45) is 0. The van der Waals surface area contributed by atoms with Gasteiger partial charge in [-0.15, -0.1) is 11.8 Å². The fourth-order valence-corrected chi connectivity index (χ4v) is 2.74. The molecule has 2 nitrogen and oxygen atoms in total. The summed E-state index contributed by atoms with van der Waals surface area (Å²) in [5, 5.41) is 3.52. The minimum absolute atomic E-state index is 0.0295. The molecule has 0 saturated heterocycles. The van der Waals surface area contributed by atoms with Gasteiger partial charge in [0.05, 0.1) is 5.75 Å². The molecule has 2 aromatic carbocycles. The van der Waals surface area contributed by atoms with Crippen molar-refractivity contribution in [1.29, 1.82) is 0 Å². The smallest absolute Gasteiger partial charge is 0.234 e. The summed E-state index contributed by atoms with van der Waals surface area (Å²) in [6.45, 7) is 3.97. The van der Waals surface area contributed by atoms with Crippen LogP contribution in [0.3, 0.4) is 0 Å². The Morgan fingerprint density at radius 1 is 1.15 bits per heavy atom. The third-order valence-electron chi connectivity index (χ3n) is 2.91. The van der Waals surface area contributed by atoms with E-state index in [9.17, 15) is 4.79 Å². The number of amides is 1. The molecule has 2 aromatic rings. The normalized spacial score (nSPS) is 10.3. The monoisotopic (exact) mass is 305 g/mol. The lowest BCUT2D eigenvalue weighted by atomic mass is 10.2. The molecule has 0 aliphatic heterocycles. The van der Waals surface area contributed by atoms with Gasteiger partial charge in [0.25, 0.3) is 0 Å². The Labute approximate surface area is 128 Å². The molecule has 0 spiro atoms. The predicted octanol–water partition coefficient (Wildman–Crippen LogP) is 4.69. The first-order valence-electron chi connectivity index (χ1n) is 6.30. The first-order chi connectivity index (χ1) is 9.56. The van der Waals surface area contributed by atoms with E-state index in [0.717, 1.165) is 16.1 Å². The second-order valence-corrected chi connectivity index (χ2v) is 5.99. The van der Waals surface area contributed by atoms with Crippen LogP contribution in [0.1, 0.15) is 11.1 Å². The number of anilines is 1. The molecular weight excluding hydrogens is 290 g/mol. The molecule has 0 saturated carbocycles. The molecule has 20 heavy (non-hydrogen) atoms. The molecule has 0 fully saturated rings. The summed E-state index contributed by atoms with van der Waals surface area (Å²) in [5.74, 6) is 0.356. The first kappa shape index (κ1) is 14.9. The van der Waals surface area contributed by atoms with Crippen LogP contribution in [0, 0.1) is 13.8 Å². The Kier molecular flexibility index (Phi) is 5.10. The van der Waals surface area contributed by atoms with Gasteiger partial charge in [0.2, 0.25) is 5.91 Å². The number of benzene rings is 2. The molecule has 0 aromatic heterocycles. The highest BCUT2D eigenvalue weighted by Gasteiger charge is 2.06. The van der Waals surface area contributed by atoms with Crippen LogP contribution in [0.4, 0.5) is 5.69 Å². The fourth-order valence-electron chi connectivity index (χ4n) is 1.73. The average molecular weight is 306 g/mol. The van der Waals surface area contributed by atoms with Crippen molar-refractivity contribution in [3.8, 4) is 0 Å². The minimum atomic E-state index is -0.0295. The molecule has 4 heteroatoms. The lowest BCUT2D eigenvalue weighted by Crippen LogP contribution is -2.14. The lowest BCUT2D eigenvalue weighted by molar-refractivity contribution is -0.113. The Morgan fingerprint density at radius 2 is 1.90 bits per heavy atom. The number of nitrogens with one attached hydrogen (secondary N) is 1. The van der Waals surface area contributed by atoms with E-state index in [1.807, 2.05) is 50.2 Å². The van der Waals surface area contributed by atoms with Gasteiger partial charge >= 0.3 is 0 Å². The highest BCUT2D eigenvalue weighted by Crippen LogP contribution is 2.23. The third kappa shape index (κ3) is 4.02. The van der Waals surface area contributed by atoms with Gasteiger partial charge in [-0.05, 0) is 43.2 Å². The number of carbonyl (C=O) groups excluding carboxylic acids is 1. The first-order valence-corrected chi connectivity index (χ1v) is 7.67. The summed E-state index contributed by atoms with van der Waals surface area (Å²) >= 11 is 7.57.